The molecule has 0 aliphatic carbocycles. The van der Waals surface area contributed by atoms with E-state index in [1.165, 1.54) is 0 Å². The maximum atomic E-state index is 10.0. The van der Waals surface area contributed by atoms with Crippen molar-refractivity contribution in [2.75, 3.05) is 17.7 Å². The van der Waals surface area contributed by atoms with Crippen LogP contribution < -0.4 is 10.6 Å². The summed E-state index contributed by atoms with van der Waals surface area (Å²) >= 11 is 0. The number of pyridine rings is 1. The zero-order valence-electron chi connectivity index (χ0n) is 10.6. The van der Waals surface area contributed by atoms with Gasteiger partial charge in [-0.25, -0.2) is 4.98 Å². The molecule has 0 aromatic carbocycles. The van der Waals surface area contributed by atoms with E-state index in [0.717, 1.165) is 11.6 Å². The Labute approximate surface area is 97.1 Å². The predicted octanol–water partition coefficient (Wildman–Crippen LogP) is 2.08. The van der Waals surface area contributed by atoms with Gasteiger partial charge in [-0.15, -0.1) is 0 Å². The summed E-state index contributed by atoms with van der Waals surface area (Å²) in [5.74, 6) is 1.55. The highest BCUT2D eigenvalue weighted by Crippen LogP contribution is 2.25. The van der Waals surface area contributed by atoms with Crippen molar-refractivity contribution in [3.05, 3.63) is 18.2 Å². The molecule has 4 heteroatoms. The Morgan fingerprint density at radius 3 is 2.19 bits per heavy atom. The summed E-state index contributed by atoms with van der Waals surface area (Å²) < 4.78 is 0. The lowest BCUT2D eigenvalue weighted by Gasteiger charge is -2.38. The molecule has 0 saturated carbocycles. The first-order valence-corrected chi connectivity index (χ1v) is 5.41. The van der Waals surface area contributed by atoms with E-state index in [2.05, 4.69) is 15.6 Å². The van der Waals surface area contributed by atoms with Gasteiger partial charge in [-0.1, -0.05) is 6.07 Å². The first kappa shape index (κ1) is 12.8. The maximum absolute atomic E-state index is 10.0. The minimum Gasteiger partial charge on any atom is -0.388 e. The molecule has 1 rings (SSSR count). The third-order valence-electron chi connectivity index (χ3n) is 2.98. The third kappa shape index (κ3) is 2.85. The molecule has 90 valence electrons. The molecule has 0 saturated heterocycles. The van der Waals surface area contributed by atoms with Crippen LogP contribution in [0.15, 0.2) is 18.2 Å². The van der Waals surface area contributed by atoms with Crippen molar-refractivity contribution in [1.29, 1.82) is 0 Å². The van der Waals surface area contributed by atoms with E-state index in [9.17, 15) is 5.11 Å². The summed E-state index contributed by atoms with van der Waals surface area (Å²) in [5, 5.41) is 16.2. The van der Waals surface area contributed by atoms with Gasteiger partial charge in [0.15, 0.2) is 0 Å². The molecule has 0 unspecified atom stereocenters. The van der Waals surface area contributed by atoms with Crippen molar-refractivity contribution in [2.45, 2.75) is 38.8 Å². The maximum Gasteiger partial charge on any atom is 0.128 e. The highest BCUT2D eigenvalue weighted by Gasteiger charge is 2.35. The van der Waals surface area contributed by atoms with Crippen LogP contribution in [0, 0.1) is 0 Å². The average molecular weight is 223 g/mol. The van der Waals surface area contributed by atoms with Crippen LogP contribution in [0.5, 0.6) is 0 Å². The van der Waals surface area contributed by atoms with Crippen LogP contribution in [0.1, 0.15) is 27.7 Å². The summed E-state index contributed by atoms with van der Waals surface area (Å²) in [4.78, 5) is 4.36. The van der Waals surface area contributed by atoms with Gasteiger partial charge in [0, 0.05) is 7.05 Å². The molecule has 0 bridgehead atoms. The third-order valence-corrected chi connectivity index (χ3v) is 2.98. The molecule has 0 radical (unpaired) electrons. The smallest absolute Gasteiger partial charge is 0.128 e. The fraction of sp³-hybridized carbons (Fsp3) is 0.583. The van der Waals surface area contributed by atoms with Crippen molar-refractivity contribution in [3.8, 4) is 0 Å². The minimum atomic E-state index is -0.829. The van der Waals surface area contributed by atoms with E-state index in [1.807, 2.05) is 39.1 Å². The van der Waals surface area contributed by atoms with E-state index in [-0.39, 0.29) is 0 Å². The second-order valence-electron chi connectivity index (χ2n) is 4.97. The molecular weight excluding hydrogens is 202 g/mol. The molecule has 0 amide bonds. The Kier molecular flexibility index (Phi) is 3.43. The molecule has 1 heterocycles. The largest absolute Gasteiger partial charge is 0.388 e. The van der Waals surface area contributed by atoms with Crippen LogP contribution in [0.4, 0.5) is 11.6 Å². The molecule has 3 N–H and O–H groups in total. The monoisotopic (exact) mass is 223 g/mol. The van der Waals surface area contributed by atoms with Gasteiger partial charge in [-0.05, 0) is 39.8 Å². The van der Waals surface area contributed by atoms with E-state index >= 15 is 0 Å². The number of nitrogens with one attached hydrogen (secondary N) is 2. The number of hydrogen-bond acceptors (Lipinski definition) is 4. The van der Waals surface area contributed by atoms with Crippen LogP contribution in [-0.2, 0) is 0 Å². The topological polar surface area (TPSA) is 57.2 Å². The number of anilines is 2. The lowest BCUT2D eigenvalue weighted by Crippen LogP contribution is -2.51. The van der Waals surface area contributed by atoms with Crippen LogP contribution in [-0.4, -0.2) is 28.3 Å². The van der Waals surface area contributed by atoms with Crippen molar-refractivity contribution < 1.29 is 5.11 Å². The Hall–Kier alpha value is -1.29. The van der Waals surface area contributed by atoms with E-state index in [0.29, 0.717) is 0 Å². The van der Waals surface area contributed by atoms with Gasteiger partial charge >= 0.3 is 0 Å². The normalized spacial score (nSPS) is 12.4. The summed E-state index contributed by atoms with van der Waals surface area (Å²) in [5.41, 5.74) is -1.28. The Bertz CT molecular complexity index is 356. The van der Waals surface area contributed by atoms with Crippen molar-refractivity contribution >= 4 is 11.6 Å². The molecule has 0 fully saturated rings. The van der Waals surface area contributed by atoms with Gasteiger partial charge in [-0.2, -0.15) is 0 Å². The van der Waals surface area contributed by atoms with Gasteiger partial charge in [0.2, 0.25) is 0 Å². The molecule has 0 atom stereocenters. The number of aliphatic hydroxyl groups is 1. The lowest BCUT2D eigenvalue weighted by atomic mass is 9.86. The first-order valence-electron chi connectivity index (χ1n) is 5.41. The van der Waals surface area contributed by atoms with Gasteiger partial charge in [0.1, 0.15) is 11.6 Å². The quantitative estimate of drug-likeness (QED) is 0.731. The fourth-order valence-corrected chi connectivity index (χ4v) is 1.12. The van der Waals surface area contributed by atoms with Crippen molar-refractivity contribution in [3.63, 3.8) is 0 Å². The van der Waals surface area contributed by atoms with E-state index in [1.54, 1.807) is 13.8 Å². The number of aromatic nitrogens is 1. The Morgan fingerprint density at radius 2 is 1.69 bits per heavy atom. The molecule has 1 aromatic heterocycles. The molecule has 16 heavy (non-hydrogen) atoms. The number of nitrogens with zero attached hydrogens (tertiary/aromatic N) is 1. The van der Waals surface area contributed by atoms with E-state index < -0.39 is 11.1 Å². The highest BCUT2D eigenvalue weighted by molar-refractivity contribution is 5.46. The predicted molar refractivity (Wildman–Crippen MR) is 67.8 cm³/mol. The highest BCUT2D eigenvalue weighted by atomic mass is 16.3. The lowest BCUT2D eigenvalue weighted by molar-refractivity contribution is 0.0239. The zero-order valence-corrected chi connectivity index (χ0v) is 10.6. The first-order chi connectivity index (χ1) is 7.26. The zero-order chi connectivity index (χ0) is 12.4. The van der Waals surface area contributed by atoms with Crippen LogP contribution in [0.2, 0.25) is 0 Å². The number of hydrogen-bond donors (Lipinski definition) is 3. The molecule has 0 aliphatic rings. The fourth-order valence-electron chi connectivity index (χ4n) is 1.12. The summed E-state index contributed by atoms with van der Waals surface area (Å²) in [7, 11) is 1.83. The molecule has 0 aliphatic heterocycles. The minimum absolute atomic E-state index is 0.452. The number of rotatable bonds is 4. The molecule has 1 aromatic rings. The molecule has 4 nitrogen and oxygen atoms in total. The standard InChI is InChI=1S/C12H21N3O/c1-11(2,12(3,4)16)15-10-8-6-7-9(13-5)14-10/h6-8,16H,1-5H3,(H2,13,14,15). The van der Waals surface area contributed by atoms with E-state index in [4.69, 9.17) is 0 Å². The van der Waals surface area contributed by atoms with Gasteiger partial charge < -0.3 is 15.7 Å². The summed E-state index contributed by atoms with van der Waals surface area (Å²) in [6, 6.07) is 5.69. The average Bonchev–Trinajstić information content (AvgIpc) is 2.15. The van der Waals surface area contributed by atoms with Crippen LogP contribution in [0.25, 0.3) is 0 Å². The summed E-state index contributed by atoms with van der Waals surface area (Å²) in [6.07, 6.45) is 0. The Balaban J connectivity index is 2.88. The van der Waals surface area contributed by atoms with Crippen molar-refractivity contribution in [1.82, 2.24) is 4.98 Å². The SMILES string of the molecule is CNc1cccc(NC(C)(C)C(C)(C)O)n1. The summed E-state index contributed by atoms with van der Waals surface area (Å²) in [6.45, 7) is 7.45. The van der Waals surface area contributed by atoms with Gasteiger partial charge in [-0.3, -0.25) is 0 Å². The molecular formula is C12H21N3O. The van der Waals surface area contributed by atoms with Gasteiger partial charge in [0.05, 0.1) is 11.1 Å². The van der Waals surface area contributed by atoms with Gasteiger partial charge in [0.25, 0.3) is 0 Å². The second-order valence-corrected chi connectivity index (χ2v) is 4.97. The second kappa shape index (κ2) is 4.29. The molecule has 0 spiro atoms. The van der Waals surface area contributed by atoms with Crippen LogP contribution >= 0.6 is 0 Å². The Morgan fingerprint density at radius 1 is 1.12 bits per heavy atom. The van der Waals surface area contributed by atoms with Crippen LogP contribution in [0.3, 0.4) is 0 Å². The van der Waals surface area contributed by atoms with Crippen molar-refractivity contribution in [2.24, 2.45) is 0 Å².